The molecule has 0 radical (unpaired) electrons. The molecule has 0 aliphatic carbocycles. The molecule has 0 unspecified atom stereocenters. The minimum Gasteiger partial charge on any atom is -0.379 e. The van der Waals surface area contributed by atoms with Gasteiger partial charge in [0.2, 0.25) is 5.83 Å². The van der Waals surface area contributed by atoms with Crippen molar-refractivity contribution in [3.05, 3.63) is 11.9 Å². The summed E-state index contributed by atoms with van der Waals surface area (Å²) in [5, 5.41) is 0. The summed E-state index contributed by atoms with van der Waals surface area (Å²) in [7, 11) is 0. The molecule has 0 saturated carbocycles. The SMILES string of the molecule is FC(F)=C(F)C#COC(F)(F)CC(F)(F)F. The highest BCUT2D eigenvalue weighted by Gasteiger charge is 2.45. The van der Waals surface area contributed by atoms with Crippen molar-refractivity contribution in [2.45, 2.75) is 18.7 Å². The van der Waals surface area contributed by atoms with Gasteiger partial charge in [0, 0.05) is 5.92 Å². The van der Waals surface area contributed by atoms with Gasteiger partial charge in [-0.2, -0.15) is 35.1 Å². The molecule has 0 rings (SSSR count). The van der Waals surface area contributed by atoms with Gasteiger partial charge >= 0.3 is 18.4 Å². The van der Waals surface area contributed by atoms with Crippen LogP contribution in [0.1, 0.15) is 6.42 Å². The van der Waals surface area contributed by atoms with Crippen molar-refractivity contribution in [1.82, 2.24) is 0 Å². The highest BCUT2D eigenvalue weighted by atomic mass is 19.4. The van der Waals surface area contributed by atoms with E-state index in [4.69, 9.17) is 0 Å². The largest absolute Gasteiger partial charge is 0.414 e. The van der Waals surface area contributed by atoms with Crippen LogP contribution in [0.2, 0.25) is 0 Å². The van der Waals surface area contributed by atoms with Crippen LogP contribution in [0.15, 0.2) is 11.9 Å². The van der Waals surface area contributed by atoms with Gasteiger partial charge in [0.25, 0.3) is 0 Å². The number of alkyl halides is 5. The van der Waals surface area contributed by atoms with E-state index in [0.29, 0.717) is 6.11 Å². The maximum absolute atomic E-state index is 12.2. The lowest BCUT2D eigenvalue weighted by molar-refractivity contribution is -0.266. The van der Waals surface area contributed by atoms with Crippen LogP contribution < -0.4 is 0 Å². The standard InChI is InChI=1S/C7H2F8O/c8-4(5(9)10)1-2-16-7(14,15)3-6(11,12)13/h3H2. The molecule has 0 aliphatic heterocycles. The normalized spacial score (nSPS) is 11.5. The lowest BCUT2D eigenvalue weighted by Gasteiger charge is -2.14. The molecule has 92 valence electrons. The van der Waals surface area contributed by atoms with E-state index in [-0.39, 0.29) is 0 Å². The second-order valence-corrected chi connectivity index (χ2v) is 2.33. The van der Waals surface area contributed by atoms with Crippen molar-refractivity contribution in [1.29, 1.82) is 0 Å². The van der Waals surface area contributed by atoms with E-state index in [0.717, 1.165) is 5.92 Å². The zero-order valence-corrected chi connectivity index (χ0v) is 7.14. The summed E-state index contributed by atoms with van der Waals surface area (Å²) in [6.07, 6.45) is -14.8. The summed E-state index contributed by atoms with van der Waals surface area (Å²) in [5.74, 6) is -1.59. The van der Waals surface area contributed by atoms with Gasteiger partial charge in [0.1, 0.15) is 12.5 Å². The Bertz CT molecular complexity index is 327. The Balaban J connectivity index is 4.46. The first-order chi connectivity index (χ1) is 7.03. The maximum Gasteiger partial charge on any atom is 0.414 e. The van der Waals surface area contributed by atoms with Crippen molar-refractivity contribution in [3.63, 3.8) is 0 Å². The van der Waals surface area contributed by atoms with Gasteiger partial charge in [-0.3, -0.25) is 0 Å². The summed E-state index contributed by atoms with van der Waals surface area (Å²) in [6, 6.07) is 0. The molecule has 16 heavy (non-hydrogen) atoms. The average molecular weight is 254 g/mol. The number of hydrogen-bond acceptors (Lipinski definition) is 1. The van der Waals surface area contributed by atoms with Crippen LogP contribution in [0.3, 0.4) is 0 Å². The fourth-order valence-electron chi connectivity index (χ4n) is 0.462. The third kappa shape index (κ3) is 6.92. The van der Waals surface area contributed by atoms with Gasteiger partial charge in [-0.1, -0.05) is 0 Å². The number of hydrogen-bond donors (Lipinski definition) is 0. The minimum absolute atomic E-state index is 0.716. The number of halogens is 8. The molecule has 0 aromatic rings. The Morgan fingerprint density at radius 3 is 1.88 bits per heavy atom. The molecule has 0 amide bonds. The predicted octanol–water partition coefficient (Wildman–Crippen LogP) is 3.59. The lowest BCUT2D eigenvalue weighted by atomic mass is 10.4. The summed E-state index contributed by atoms with van der Waals surface area (Å²) < 4.78 is 96.2. The molecule has 0 spiro atoms. The van der Waals surface area contributed by atoms with Crippen LogP contribution in [0.5, 0.6) is 0 Å². The van der Waals surface area contributed by atoms with Crippen molar-refractivity contribution >= 4 is 0 Å². The number of ether oxygens (including phenoxy) is 1. The fraction of sp³-hybridized carbons (Fsp3) is 0.429. The Morgan fingerprint density at radius 2 is 1.50 bits per heavy atom. The van der Waals surface area contributed by atoms with E-state index in [1.807, 2.05) is 0 Å². The zero-order valence-electron chi connectivity index (χ0n) is 7.14. The van der Waals surface area contributed by atoms with Gasteiger partial charge in [0.15, 0.2) is 0 Å². The van der Waals surface area contributed by atoms with Crippen molar-refractivity contribution in [2.75, 3.05) is 0 Å². The highest BCUT2D eigenvalue weighted by Crippen LogP contribution is 2.31. The first-order valence-corrected chi connectivity index (χ1v) is 3.38. The van der Waals surface area contributed by atoms with Crippen LogP contribution in [0.4, 0.5) is 35.1 Å². The van der Waals surface area contributed by atoms with E-state index < -0.39 is 30.6 Å². The van der Waals surface area contributed by atoms with E-state index in [1.165, 1.54) is 0 Å². The van der Waals surface area contributed by atoms with Gasteiger partial charge in [-0.25, -0.2) is 0 Å². The van der Waals surface area contributed by atoms with E-state index in [2.05, 4.69) is 4.74 Å². The van der Waals surface area contributed by atoms with Crippen molar-refractivity contribution < 1.29 is 39.9 Å². The van der Waals surface area contributed by atoms with E-state index in [9.17, 15) is 35.1 Å². The summed E-state index contributed by atoms with van der Waals surface area (Å²) in [4.78, 5) is 0. The van der Waals surface area contributed by atoms with E-state index >= 15 is 0 Å². The molecule has 0 fully saturated rings. The van der Waals surface area contributed by atoms with Crippen molar-refractivity contribution in [3.8, 4) is 12.0 Å². The molecule has 0 bridgehead atoms. The molecule has 0 N–H and O–H groups in total. The predicted molar refractivity (Wildman–Crippen MR) is 34.8 cm³/mol. The Labute approximate surface area is 83.7 Å². The fourth-order valence-corrected chi connectivity index (χ4v) is 0.462. The Morgan fingerprint density at radius 1 is 1.00 bits per heavy atom. The van der Waals surface area contributed by atoms with E-state index in [1.54, 1.807) is 0 Å². The Hall–Kier alpha value is -1.46. The summed E-state index contributed by atoms with van der Waals surface area (Å²) >= 11 is 0. The monoisotopic (exact) mass is 254 g/mol. The molecule has 0 saturated heterocycles. The molecular weight excluding hydrogens is 252 g/mol. The van der Waals surface area contributed by atoms with Crippen LogP contribution >= 0.6 is 0 Å². The third-order valence-corrected chi connectivity index (χ3v) is 0.933. The van der Waals surface area contributed by atoms with Crippen molar-refractivity contribution in [2.24, 2.45) is 0 Å². The van der Waals surface area contributed by atoms with Gasteiger partial charge in [-0.05, 0) is 0 Å². The molecule has 0 aliphatic rings. The molecule has 0 aromatic carbocycles. The second kappa shape index (κ2) is 5.05. The van der Waals surface area contributed by atoms with Crippen LogP contribution in [0.25, 0.3) is 0 Å². The molecule has 0 heterocycles. The van der Waals surface area contributed by atoms with Gasteiger partial charge in [0.05, 0.1) is 0 Å². The van der Waals surface area contributed by atoms with Crippen LogP contribution in [0, 0.1) is 12.0 Å². The van der Waals surface area contributed by atoms with Crippen LogP contribution in [-0.4, -0.2) is 12.3 Å². The van der Waals surface area contributed by atoms with Gasteiger partial charge < -0.3 is 4.74 Å². The number of allylic oxidation sites excluding steroid dienone is 1. The molecule has 1 nitrogen and oxygen atoms in total. The third-order valence-electron chi connectivity index (χ3n) is 0.933. The first kappa shape index (κ1) is 14.5. The van der Waals surface area contributed by atoms with Crippen LogP contribution in [-0.2, 0) is 4.74 Å². The first-order valence-electron chi connectivity index (χ1n) is 3.38. The topological polar surface area (TPSA) is 9.23 Å². The lowest BCUT2D eigenvalue weighted by Crippen LogP contribution is -2.27. The second-order valence-electron chi connectivity index (χ2n) is 2.33. The maximum atomic E-state index is 12.2. The molecule has 0 aromatic heterocycles. The Kier molecular flexibility index (Phi) is 4.59. The number of rotatable bonds is 2. The summed E-state index contributed by atoms with van der Waals surface area (Å²) in [5.41, 5.74) is 0. The summed E-state index contributed by atoms with van der Waals surface area (Å²) in [6.45, 7) is 0. The average Bonchev–Trinajstić information content (AvgIpc) is 1.98. The highest BCUT2D eigenvalue weighted by molar-refractivity contribution is 5.20. The smallest absolute Gasteiger partial charge is 0.379 e. The molecular formula is C7H2F8O. The van der Waals surface area contributed by atoms with Gasteiger partial charge in [-0.15, -0.1) is 0 Å². The molecule has 0 atom stereocenters. The quantitative estimate of drug-likeness (QED) is 0.540. The molecule has 9 heteroatoms. The zero-order chi connectivity index (χ0) is 13.0. The minimum atomic E-state index is -5.23.